The minimum Gasteiger partial charge on any atom is -0.355 e. The molecule has 47 heavy (non-hydrogen) atoms. The normalized spacial score (nSPS) is 14.3. The molecule has 0 saturated carbocycles. The van der Waals surface area contributed by atoms with E-state index in [1.807, 2.05) is 39.0 Å². The molecule has 1 aliphatic heterocycles. The van der Waals surface area contributed by atoms with Crippen LogP contribution in [0.4, 0.5) is 29.3 Å². The number of carbonyl (C=O) groups is 3. The predicted molar refractivity (Wildman–Crippen MR) is 179 cm³/mol. The molecule has 0 bridgehead atoms. The van der Waals surface area contributed by atoms with Gasteiger partial charge in [0.15, 0.2) is 5.17 Å². The topological polar surface area (TPSA) is 109 Å². The molecule has 1 aromatic heterocycles. The molecule has 0 spiro atoms. The van der Waals surface area contributed by atoms with Crippen LogP contribution in [0.15, 0.2) is 65.7 Å². The second-order valence-corrected chi connectivity index (χ2v) is 12.4. The largest absolute Gasteiger partial charge is 0.416 e. The van der Waals surface area contributed by atoms with Gasteiger partial charge in [0.2, 0.25) is 5.91 Å². The molecule has 0 atom stereocenters. The molecule has 1 aliphatic rings. The second kappa shape index (κ2) is 13.1. The number of anilines is 2. The Kier molecular flexibility index (Phi) is 9.30. The molecule has 244 valence electrons. The molecule has 4 aromatic rings. The van der Waals surface area contributed by atoms with Gasteiger partial charge in [-0.25, -0.2) is 4.79 Å². The zero-order valence-electron chi connectivity index (χ0n) is 26.6. The van der Waals surface area contributed by atoms with Crippen LogP contribution in [-0.2, 0) is 18.0 Å². The molecule has 0 radical (unpaired) electrons. The molecular weight excluding hydrogens is 629 g/mol. The number of alkyl halides is 3. The first kappa shape index (κ1) is 33.5. The van der Waals surface area contributed by atoms with E-state index in [9.17, 15) is 27.6 Å². The molecule has 5 rings (SSSR count). The summed E-state index contributed by atoms with van der Waals surface area (Å²) in [6.45, 7) is 7.74. The van der Waals surface area contributed by atoms with Crippen LogP contribution in [0.5, 0.6) is 0 Å². The number of rotatable bonds is 6. The van der Waals surface area contributed by atoms with Crippen molar-refractivity contribution in [1.82, 2.24) is 15.1 Å². The van der Waals surface area contributed by atoms with Gasteiger partial charge in [0.1, 0.15) is 0 Å². The first-order valence-electron chi connectivity index (χ1n) is 14.7. The van der Waals surface area contributed by atoms with E-state index in [4.69, 9.17) is 0 Å². The highest BCUT2D eigenvalue weighted by Crippen LogP contribution is 2.38. The van der Waals surface area contributed by atoms with E-state index in [1.165, 1.54) is 28.4 Å². The van der Waals surface area contributed by atoms with Gasteiger partial charge in [0, 0.05) is 42.0 Å². The molecule has 13 heteroatoms. The van der Waals surface area contributed by atoms with Gasteiger partial charge in [0.25, 0.3) is 5.91 Å². The molecule has 9 nitrogen and oxygen atoms in total. The molecule has 0 unspecified atom stereocenters. The van der Waals surface area contributed by atoms with Crippen molar-refractivity contribution in [3.05, 3.63) is 88.5 Å². The van der Waals surface area contributed by atoms with E-state index in [0.717, 1.165) is 29.3 Å². The fourth-order valence-corrected chi connectivity index (χ4v) is 6.36. The molecule has 1 fully saturated rings. The van der Waals surface area contributed by atoms with E-state index >= 15 is 0 Å². The lowest BCUT2D eigenvalue weighted by atomic mass is 9.96. The Morgan fingerprint density at radius 3 is 2.36 bits per heavy atom. The maximum absolute atomic E-state index is 13.6. The number of aryl methyl sites for hydroxylation is 2. The number of amides is 4. The Labute approximate surface area is 274 Å². The molecule has 1 saturated heterocycles. The van der Waals surface area contributed by atoms with E-state index in [2.05, 4.69) is 20.7 Å². The standard InChI is InChI=1S/C34H33F3N6O3S/c1-18(2)24-13-7-19(3)15-27(24)43-28(44)17-47-33(43)40-32(46)39-23-11-8-21(9-12-23)29-20(4)30(42(6)41-29)26-16-22(34(35,36)37)10-14-25(26)31(45)38-5/h7-16,18H,17H2,1-6H3,(H,38,45)(H,39,46)/b40-33-. The Hall–Kier alpha value is -4.91. The van der Waals surface area contributed by atoms with Gasteiger partial charge in [0.05, 0.1) is 28.4 Å². The summed E-state index contributed by atoms with van der Waals surface area (Å²) in [6.07, 6.45) is -4.60. The van der Waals surface area contributed by atoms with E-state index in [1.54, 1.807) is 38.2 Å². The molecule has 2 N–H and O–H groups in total. The number of thioether (sulfide) groups is 1. The summed E-state index contributed by atoms with van der Waals surface area (Å²) in [5.41, 5.74) is 4.48. The lowest BCUT2D eigenvalue weighted by Crippen LogP contribution is -2.31. The van der Waals surface area contributed by atoms with Crippen LogP contribution < -0.4 is 15.5 Å². The number of benzene rings is 3. The number of hydrogen-bond donors (Lipinski definition) is 2. The quantitative estimate of drug-likeness (QED) is 0.222. The fourth-order valence-electron chi connectivity index (χ4n) is 5.50. The smallest absolute Gasteiger partial charge is 0.355 e. The molecule has 4 amide bonds. The van der Waals surface area contributed by atoms with Crippen LogP contribution in [0.25, 0.3) is 22.5 Å². The highest BCUT2D eigenvalue weighted by molar-refractivity contribution is 8.15. The third-order valence-electron chi connectivity index (χ3n) is 7.78. The SMILES string of the molecule is CNC(=O)c1ccc(C(F)(F)F)cc1-c1c(C)c(-c2ccc(NC(=O)/N=C3\SCC(=O)N3c3cc(C)ccc3C(C)C)cc2)nn1C. The highest BCUT2D eigenvalue weighted by atomic mass is 32.2. The van der Waals surface area contributed by atoms with Gasteiger partial charge in [-0.1, -0.05) is 49.9 Å². The first-order chi connectivity index (χ1) is 22.2. The minimum atomic E-state index is -4.60. The summed E-state index contributed by atoms with van der Waals surface area (Å²) in [5.74, 6) is -0.360. The monoisotopic (exact) mass is 662 g/mol. The third-order valence-corrected chi connectivity index (χ3v) is 8.70. The summed E-state index contributed by atoms with van der Waals surface area (Å²) >= 11 is 1.20. The van der Waals surface area contributed by atoms with E-state index < -0.39 is 23.7 Å². The van der Waals surface area contributed by atoms with Crippen molar-refractivity contribution in [3.63, 3.8) is 0 Å². The van der Waals surface area contributed by atoms with E-state index in [-0.39, 0.29) is 28.7 Å². The molecular formula is C34H33F3N6O3S. The first-order valence-corrected chi connectivity index (χ1v) is 15.7. The molecule has 0 aliphatic carbocycles. The molecule has 2 heterocycles. The number of nitrogens with one attached hydrogen (secondary N) is 2. The van der Waals surface area contributed by atoms with Crippen molar-refractivity contribution in [1.29, 1.82) is 0 Å². The number of aliphatic imine (C=N–C) groups is 1. The zero-order chi connectivity index (χ0) is 34.2. The summed E-state index contributed by atoms with van der Waals surface area (Å²) < 4.78 is 42.3. The number of aromatic nitrogens is 2. The van der Waals surface area contributed by atoms with Gasteiger partial charge < -0.3 is 10.6 Å². The summed E-state index contributed by atoms with van der Waals surface area (Å²) in [7, 11) is 3.01. The van der Waals surface area contributed by atoms with Crippen LogP contribution in [0.3, 0.4) is 0 Å². The predicted octanol–water partition coefficient (Wildman–Crippen LogP) is 7.54. The maximum Gasteiger partial charge on any atom is 0.416 e. The lowest BCUT2D eigenvalue weighted by Gasteiger charge is -2.22. The summed E-state index contributed by atoms with van der Waals surface area (Å²) in [6, 6.07) is 15.0. The van der Waals surface area contributed by atoms with Gasteiger partial charge in [-0.15, -0.1) is 0 Å². The number of carbonyl (C=O) groups excluding carboxylic acids is 3. The number of nitrogens with zero attached hydrogens (tertiary/aromatic N) is 4. The average Bonchev–Trinajstić information content (AvgIpc) is 3.52. The number of amidine groups is 1. The fraction of sp³-hybridized carbons (Fsp3) is 0.265. The van der Waals surface area contributed by atoms with Crippen molar-refractivity contribution < 1.29 is 27.6 Å². The second-order valence-electron chi connectivity index (χ2n) is 11.4. The van der Waals surface area contributed by atoms with Crippen LogP contribution >= 0.6 is 11.8 Å². The number of hydrogen-bond acceptors (Lipinski definition) is 5. The summed E-state index contributed by atoms with van der Waals surface area (Å²) in [4.78, 5) is 44.1. The van der Waals surface area contributed by atoms with Crippen molar-refractivity contribution >= 4 is 46.1 Å². The number of halogens is 3. The third kappa shape index (κ3) is 6.80. The van der Waals surface area contributed by atoms with Gasteiger partial charge in [-0.2, -0.15) is 23.3 Å². The Bertz CT molecular complexity index is 1920. The summed E-state index contributed by atoms with van der Waals surface area (Å²) in [5, 5.41) is 10.1. The van der Waals surface area contributed by atoms with Crippen molar-refractivity contribution in [2.24, 2.45) is 12.0 Å². The van der Waals surface area contributed by atoms with Crippen LogP contribution in [0, 0.1) is 13.8 Å². The van der Waals surface area contributed by atoms with Crippen LogP contribution in [0.2, 0.25) is 0 Å². The Balaban J connectivity index is 1.41. The Morgan fingerprint density at radius 2 is 1.72 bits per heavy atom. The van der Waals surface area contributed by atoms with Crippen molar-refractivity contribution in [2.75, 3.05) is 23.0 Å². The van der Waals surface area contributed by atoms with Crippen LogP contribution in [-0.4, -0.2) is 45.6 Å². The average molecular weight is 663 g/mol. The highest BCUT2D eigenvalue weighted by Gasteiger charge is 2.34. The lowest BCUT2D eigenvalue weighted by molar-refractivity contribution is -0.137. The van der Waals surface area contributed by atoms with Crippen molar-refractivity contribution in [2.45, 2.75) is 39.8 Å². The Morgan fingerprint density at radius 1 is 1.02 bits per heavy atom. The van der Waals surface area contributed by atoms with E-state index in [0.29, 0.717) is 39.1 Å². The van der Waals surface area contributed by atoms with Crippen molar-refractivity contribution in [3.8, 4) is 22.5 Å². The number of urea groups is 1. The maximum atomic E-state index is 13.6. The van der Waals surface area contributed by atoms with Gasteiger partial charge >= 0.3 is 12.2 Å². The van der Waals surface area contributed by atoms with Gasteiger partial charge in [-0.05, 0) is 67.3 Å². The van der Waals surface area contributed by atoms with Gasteiger partial charge in [-0.3, -0.25) is 19.2 Å². The van der Waals surface area contributed by atoms with Crippen LogP contribution in [0.1, 0.15) is 52.4 Å². The zero-order valence-corrected chi connectivity index (χ0v) is 27.4. The molecule has 3 aromatic carbocycles. The minimum absolute atomic E-state index is 0.0846.